The summed E-state index contributed by atoms with van der Waals surface area (Å²) in [6, 6.07) is 17.8. The molecule has 34 heavy (non-hydrogen) atoms. The third-order valence-electron chi connectivity index (χ3n) is 6.90. The van der Waals surface area contributed by atoms with E-state index < -0.39 is 0 Å². The molecule has 0 saturated heterocycles. The van der Waals surface area contributed by atoms with E-state index >= 15 is 0 Å². The van der Waals surface area contributed by atoms with Crippen molar-refractivity contribution in [3.05, 3.63) is 75.7 Å². The molecule has 3 aromatic rings. The number of unbranched alkanes of at least 4 members (excludes halogenated alkanes) is 6. The van der Waals surface area contributed by atoms with Gasteiger partial charge in [0.05, 0.1) is 0 Å². The molecule has 0 unspecified atom stereocenters. The Morgan fingerprint density at radius 2 is 1.38 bits per heavy atom. The summed E-state index contributed by atoms with van der Waals surface area (Å²) in [5.41, 5.74) is 6.66. The molecule has 0 radical (unpaired) electrons. The zero-order chi connectivity index (χ0) is 23.8. The van der Waals surface area contributed by atoms with Crippen molar-refractivity contribution >= 4 is 51.1 Å². The lowest BCUT2D eigenvalue weighted by Gasteiger charge is -2.25. The molecule has 2 N–H and O–H groups in total. The van der Waals surface area contributed by atoms with Crippen LogP contribution in [0.2, 0.25) is 0 Å². The first-order valence-corrected chi connectivity index (χ1v) is 14.0. The van der Waals surface area contributed by atoms with Gasteiger partial charge in [-0.15, -0.1) is 0 Å². The van der Waals surface area contributed by atoms with Gasteiger partial charge in [-0.3, -0.25) is 0 Å². The van der Waals surface area contributed by atoms with Crippen LogP contribution in [0.1, 0.15) is 81.9 Å². The standard InChI is InChI=1S/C30H38BBrN2/c1-3-5-7-9-13-24-22-27(32)26(14-10-8-6-4-2)21-25(24)19-20-31-33-28-17-11-15-23-16-12-18-29(34-31)30(23)28/h11-12,15-22,33-34H,3-10,13-14H2,1-2H3/b20-19+. The molecule has 0 fully saturated rings. The van der Waals surface area contributed by atoms with Gasteiger partial charge in [0.15, 0.2) is 0 Å². The fraction of sp³-hybridized carbons (Fsp3) is 0.400. The Hall–Kier alpha value is -2.20. The smallest absolute Gasteiger partial charge is 0.398 e. The average molecular weight is 517 g/mol. The predicted octanol–water partition coefficient (Wildman–Crippen LogP) is 9.43. The third kappa shape index (κ3) is 6.27. The monoisotopic (exact) mass is 516 g/mol. The minimum absolute atomic E-state index is 0.0742. The quantitative estimate of drug-likeness (QED) is 0.185. The van der Waals surface area contributed by atoms with Gasteiger partial charge in [0.2, 0.25) is 0 Å². The van der Waals surface area contributed by atoms with Crippen molar-refractivity contribution in [1.29, 1.82) is 0 Å². The number of anilines is 2. The zero-order valence-corrected chi connectivity index (χ0v) is 22.4. The normalized spacial score (nSPS) is 12.9. The first-order chi connectivity index (χ1) is 16.7. The van der Waals surface area contributed by atoms with Crippen molar-refractivity contribution in [1.82, 2.24) is 0 Å². The van der Waals surface area contributed by atoms with Crippen LogP contribution in [-0.4, -0.2) is 6.98 Å². The maximum absolute atomic E-state index is 3.89. The molecule has 0 aromatic heterocycles. The molecular formula is C30H38BBrN2. The summed E-state index contributed by atoms with van der Waals surface area (Å²) in [5, 5.41) is 9.91. The Bertz CT molecular complexity index is 1080. The van der Waals surface area contributed by atoms with Crippen LogP contribution in [-0.2, 0) is 12.8 Å². The fourth-order valence-electron chi connectivity index (χ4n) is 4.97. The summed E-state index contributed by atoms with van der Waals surface area (Å²) >= 11 is 3.89. The Morgan fingerprint density at radius 3 is 2.00 bits per heavy atom. The minimum atomic E-state index is 0.0742. The van der Waals surface area contributed by atoms with E-state index in [2.05, 4.69) is 101 Å². The van der Waals surface area contributed by atoms with Crippen LogP contribution in [0, 0.1) is 0 Å². The van der Waals surface area contributed by atoms with E-state index in [0.717, 1.165) is 12.8 Å². The molecule has 0 atom stereocenters. The molecule has 178 valence electrons. The molecule has 1 aliphatic heterocycles. The minimum Gasteiger partial charge on any atom is -0.405 e. The number of hydrogen-bond donors (Lipinski definition) is 2. The van der Waals surface area contributed by atoms with Crippen LogP contribution < -0.4 is 10.5 Å². The van der Waals surface area contributed by atoms with E-state index in [1.165, 1.54) is 94.7 Å². The molecule has 1 aliphatic rings. The summed E-state index contributed by atoms with van der Waals surface area (Å²) < 4.78 is 1.28. The van der Waals surface area contributed by atoms with Gasteiger partial charge in [-0.1, -0.05) is 111 Å². The fourth-order valence-corrected chi connectivity index (χ4v) is 5.56. The summed E-state index contributed by atoms with van der Waals surface area (Å²) in [7, 11) is 0. The molecular weight excluding hydrogens is 479 g/mol. The highest BCUT2D eigenvalue weighted by molar-refractivity contribution is 9.10. The first kappa shape index (κ1) is 24.9. The largest absolute Gasteiger partial charge is 0.405 e. The van der Waals surface area contributed by atoms with Gasteiger partial charge in [-0.2, -0.15) is 0 Å². The van der Waals surface area contributed by atoms with Gasteiger partial charge in [-0.05, 0) is 66.0 Å². The average Bonchev–Trinajstić information content (AvgIpc) is 2.85. The lowest BCUT2D eigenvalue weighted by atomic mass is 9.72. The van der Waals surface area contributed by atoms with Crippen molar-refractivity contribution in [3.8, 4) is 0 Å². The SMILES string of the molecule is CCCCCCc1cc(/C=C/B2Nc3cccc4cccc(c34)N2)c(CCCCCC)cc1Br. The van der Waals surface area contributed by atoms with Crippen molar-refractivity contribution in [3.63, 3.8) is 0 Å². The Balaban J connectivity index is 1.54. The maximum Gasteiger partial charge on any atom is 0.398 e. The van der Waals surface area contributed by atoms with Gasteiger partial charge < -0.3 is 10.5 Å². The van der Waals surface area contributed by atoms with Crippen LogP contribution in [0.5, 0.6) is 0 Å². The first-order valence-electron chi connectivity index (χ1n) is 13.2. The number of halogens is 1. The molecule has 0 spiro atoms. The number of nitrogens with one attached hydrogen (secondary N) is 2. The molecule has 3 aromatic carbocycles. The summed E-state index contributed by atoms with van der Waals surface area (Å²) in [4.78, 5) is 0. The van der Waals surface area contributed by atoms with E-state index in [1.54, 1.807) is 0 Å². The summed E-state index contributed by atoms with van der Waals surface area (Å²) in [5.74, 6) is 2.29. The van der Waals surface area contributed by atoms with Gasteiger partial charge in [0.1, 0.15) is 0 Å². The molecule has 4 heteroatoms. The molecule has 1 heterocycles. The van der Waals surface area contributed by atoms with Gasteiger partial charge in [0, 0.05) is 21.2 Å². The van der Waals surface area contributed by atoms with Gasteiger partial charge in [-0.25, -0.2) is 0 Å². The van der Waals surface area contributed by atoms with Crippen molar-refractivity contribution in [2.45, 2.75) is 78.1 Å². The van der Waals surface area contributed by atoms with E-state index in [4.69, 9.17) is 0 Å². The highest BCUT2D eigenvalue weighted by Crippen LogP contribution is 2.34. The van der Waals surface area contributed by atoms with Crippen molar-refractivity contribution in [2.24, 2.45) is 0 Å². The second-order valence-corrected chi connectivity index (χ2v) is 10.5. The second-order valence-electron chi connectivity index (χ2n) is 9.60. The lowest BCUT2D eigenvalue weighted by Crippen LogP contribution is -2.35. The molecule has 4 rings (SSSR count). The Labute approximate surface area is 214 Å². The third-order valence-corrected chi connectivity index (χ3v) is 7.64. The number of rotatable bonds is 12. The maximum atomic E-state index is 3.89. The van der Waals surface area contributed by atoms with E-state index in [1.807, 2.05) is 0 Å². The van der Waals surface area contributed by atoms with E-state index in [9.17, 15) is 0 Å². The lowest BCUT2D eigenvalue weighted by molar-refractivity contribution is 0.662. The molecule has 0 saturated carbocycles. The van der Waals surface area contributed by atoms with Crippen molar-refractivity contribution in [2.75, 3.05) is 10.5 Å². The molecule has 0 amide bonds. The summed E-state index contributed by atoms with van der Waals surface area (Å²) in [6.45, 7) is 4.63. The van der Waals surface area contributed by atoms with E-state index in [-0.39, 0.29) is 6.98 Å². The van der Waals surface area contributed by atoms with Gasteiger partial charge in [0.25, 0.3) is 0 Å². The predicted molar refractivity (Wildman–Crippen MR) is 156 cm³/mol. The van der Waals surface area contributed by atoms with Crippen LogP contribution in [0.3, 0.4) is 0 Å². The topological polar surface area (TPSA) is 24.1 Å². The number of aryl methyl sites for hydroxylation is 2. The van der Waals surface area contributed by atoms with E-state index in [0.29, 0.717) is 0 Å². The Morgan fingerprint density at radius 1 is 0.765 bits per heavy atom. The highest BCUT2D eigenvalue weighted by Gasteiger charge is 2.21. The van der Waals surface area contributed by atoms with Crippen molar-refractivity contribution < 1.29 is 0 Å². The highest BCUT2D eigenvalue weighted by atomic mass is 79.9. The second kappa shape index (κ2) is 12.5. The molecule has 2 nitrogen and oxygen atoms in total. The number of hydrogen-bond acceptors (Lipinski definition) is 2. The molecule has 0 bridgehead atoms. The van der Waals surface area contributed by atoms with Crippen LogP contribution in [0.25, 0.3) is 16.8 Å². The van der Waals surface area contributed by atoms with Crippen LogP contribution in [0.4, 0.5) is 11.4 Å². The van der Waals surface area contributed by atoms with Crippen LogP contribution >= 0.6 is 15.9 Å². The Kier molecular flexibility index (Phi) is 9.15. The van der Waals surface area contributed by atoms with Crippen LogP contribution in [0.15, 0.2) is 59.0 Å². The van der Waals surface area contributed by atoms with Gasteiger partial charge >= 0.3 is 6.98 Å². The molecule has 0 aliphatic carbocycles. The number of benzene rings is 3. The summed E-state index contributed by atoms with van der Waals surface area (Å²) in [6.07, 6.45) is 15.0. The zero-order valence-electron chi connectivity index (χ0n) is 20.8.